The number of aliphatic carboxylic acids is 1. The minimum atomic E-state index is -0.817. The molecule has 0 saturated carbocycles. The van der Waals surface area contributed by atoms with Crippen molar-refractivity contribution >= 4 is 33.0 Å². The number of carbonyl (C=O) groups is 1. The molecule has 0 radical (unpaired) electrons. The molecule has 1 atom stereocenters. The lowest BCUT2D eigenvalue weighted by Gasteiger charge is -2.18. The van der Waals surface area contributed by atoms with E-state index in [1.54, 1.807) is 11.3 Å². The highest BCUT2D eigenvalue weighted by Crippen LogP contribution is 2.37. The molecule has 1 unspecified atom stereocenters. The van der Waals surface area contributed by atoms with Gasteiger partial charge in [0.1, 0.15) is 0 Å². The summed E-state index contributed by atoms with van der Waals surface area (Å²) in [7, 11) is 0. The molecule has 2 aromatic carbocycles. The molecular formula is C22H20N2O2S. The smallest absolute Gasteiger partial charge is 0.309 e. The van der Waals surface area contributed by atoms with E-state index in [2.05, 4.69) is 41.7 Å². The van der Waals surface area contributed by atoms with E-state index in [1.807, 2.05) is 12.1 Å². The molecule has 136 valence electrons. The fraction of sp³-hybridized carbons (Fsp3) is 0.273. The lowest BCUT2D eigenvalue weighted by atomic mass is 9.93. The maximum atomic E-state index is 11.6. The molecular weight excluding hydrogens is 356 g/mol. The van der Waals surface area contributed by atoms with E-state index < -0.39 is 5.97 Å². The predicted octanol–water partition coefficient (Wildman–Crippen LogP) is 4.97. The van der Waals surface area contributed by atoms with E-state index in [9.17, 15) is 9.90 Å². The van der Waals surface area contributed by atoms with Crippen molar-refractivity contribution in [2.24, 2.45) is 5.92 Å². The van der Waals surface area contributed by atoms with Crippen molar-refractivity contribution in [3.63, 3.8) is 0 Å². The van der Waals surface area contributed by atoms with Gasteiger partial charge in [0.05, 0.1) is 17.8 Å². The number of rotatable bonds is 3. The highest BCUT2D eigenvalue weighted by atomic mass is 32.1. The molecule has 2 aromatic heterocycles. The van der Waals surface area contributed by atoms with Gasteiger partial charge in [-0.3, -0.25) is 9.20 Å². The molecule has 1 aliphatic carbocycles. The van der Waals surface area contributed by atoms with E-state index >= 15 is 0 Å². The first-order valence-electron chi connectivity index (χ1n) is 9.33. The van der Waals surface area contributed by atoms with Gasteiger partial charge in [-0.1, -0.05) is 43.3 Å². The number of imidazole rings is 1. The van der Waals surface area contributed by atoms with Crippen molar-refractivity contribution in [2.75, 3.05) is 0 Å². The molecule has 0 amide bonds. The van der Waals surface area contributed by atoms with Crippen LogP contribution in [-0.4, -0.2) is 20.5 Å². The van der Waals surface area contributed by atoms with Crippen LogP contribution in [-0.2, 0) is 24.1 Å². The Balaban J connectivity index is 1.73. The summed E-state index contributed by atoms with van der Waals surface area (Å²) in [6, 6.07) is 14.5. The number of aromatic nitrogens is 2. The van der Waals surface area contributed by atoms with Gasteiger partial charge in [-0.25, -0.2) is 4.98 Å². The van der Waals surface area contributed by atoms with Gasteiger partial charge in [0, 0.05) is 16.1 Å². The zero-order valence-corrected chi connectivity index (χ0v) is 15.9. The van der Waals surface area contributed by atoms with Crippen LogP contribution in [0.4, 0.5) is 0 Å². The zero-order chi connectivity index (χ0) is 18.5. The van der Waals surface area contributed by atoms with Crippen LogP contribution in [0.2, 0.25) is 0 Å². The SMILES string of the molecule is CC1CCc2c(sc3nc(-c4ccc5ccccc5c4)c(CC(=O)O)n23)C1. The second-order valence-electron chi connectivity index (χ2n) is 7.48. The first-order chi connectivity index (χ1) is 13.1. The molecule has 0 fully saturated rings. The van der Waals surface area contributed by atoms with Crippen molar-refractivity contribution in [3.8, 4) is 11.3 Å². The molecule has 1 N–H and O–H groups in total. The van der Waals surface area contributed by atoms with Crippen LogP contribution in [0.25, 0.3) is 27.0 Å². The topological polar surface area (TPSA) is 54.6 Å². The van der Waals surface area contributed by atoms with E-state index in [-0.39, 0.29) is 6.42 Å². The zero-order valence-electron chi connectivity index (χ0n) is 15.1. The van der Waals surface area contributed by atoms with E-state index in [4.69, 9.17) is 4.98 Å². The Labute approximate surface area is 161 Å². The van der Waals surface area contributed by atoms with Crippen molar-refractivity contribution in [1.82, 2.24) is 9.38 Å². The molecule has 5 heteroatoms. The standard InChI is InChI=1S/C22H20N2O2S/c1-13-6-9-17-19(10-13)27-22-23-21(18(24(17)22)12-20(25)26)16-8-7-14-4-2-3-5-15(14)11-16/h2-5,7-8,11,13H,6,9-10,12H2,1H3,(H,25,26). The minimum Gasteiger partial charge on any atom is -0.481 e. The summed E-state index contributed by atoms with van der Waals surface area (Å²) >= 11 is 1.72. The van der Waals surface area contributed by atoms with Crippen LogP contribution >= 0.6 is 11.3 Å². The highest BCUT2D eigenvalue weighted by Gasteiger charge is 2.26. The Morgan fingerprint density at radius 3 is 2.89 bits per heavy atom. The van der Waals surface area contributed by atoms with Gasteiger partial charge >= 0.3 is 5.97 Å². The lowest BCUT2D eigenvalue weighted by Crippen LogP contribution is -2.13. The van der Waals surface area contributed by atoms with Gasteiger partial charge in [-0.2, -0.15) is 0 Å². The fourth-order valence-electron chi connectivity index (χ4n) is 4.16. The van der Waals surface area contributed by atoms with Gasteiger partial charge in [0.15, 0.2) is 4.96 Å². The third-order valence-corrected chi connectivity index (χ3v) is 6.60. The largest absolute Gasteiger partial charge is 0.481 e. The number of hydrogen-bond acceptors (Lipinski definition) is 3. The van der Waals surface area contributed by atoms with Crippen LogP contribution in [0, 0.1) is 5.92 Å². The molecule has 4 aromatic rings. The van der Waals surface area contributed by atoms with Gasteiger partial charge in [-0.05, 0) is 42.0 Å². The third kappa shape index (κ3) is 2.73. The molecule has 1 aliphatic rings. The lowest BCUT2D eigenvalue weighted by molar-refractivity contribution is -0.136. The van der Waals surface area contributed by atoms with Crippen molar-refractivity contribution in [1.29, 1.82) is 0 Å². The molecule has 5 rings (SSSR count). The quantitative estimate of drug-likeness (QED) is 0.549. The summed E-state index contributed by atoms with van der Waals surface area (Å²) in [5.41, 5.74) is 3.86. The first kappa shape index (κ1) is 16.5. The van der Waals surface area contributed by atoms with Crippen LogP contribution in [0.15, 0.2) is 42.5 Å². The number of nitrogens with zero attached hydrogens (tertiary/aromatic N) is 2. The van der Waals surface area contributed by atoms with Crippen LogP contribution < -0.4 is 0 Å². The second-order valence-corrected chi connectivity index (χ2v) is 8.54. The van der Waals surface area contributed by atoms with Crippen molar-refractivity contribution in [2.45, 2.75) is 32.6 Å². The molecule has 0 saturated heterocycles. The third-order valence-electron chi connectivity index (χ3n) is 5.50. The Morgan fingerprint density at radius 2 is 2.07 bits per heavy atom. The number of aryl methyl sites for hydroxylation is 1. The van der Waals surface area contributed by atoms with Gasteiger partial charge in [0.25, 0.3) is 0 Å². The van der Waals surface area contributed by atoms with Crippen LogP contribution in [0.5, 0.6) is 0 Å². The second kappa shape index (κ2) is 6.20. The number of carboxylic acids is 1. The summed E-state index contributed by atoms with van der Waals surface area (Å²) in [6.07, 6.45) is 3.20. The summed E-state index contributed by atoms with van der Waals surface area (Å²) < 4.78 is 2.13. The minimum absolute atomic E-state index is 0.0119. The summed E-state index contributed by atoms with van der Waals surface area (Å²) in [6.45, 7) is 2.28. The molecule has 27 heavy (non-hydrogen) atoms. The average Bonchev–Trinajstić information content (AvgIpc) is 3.17. The van der Waals surface area contributed by atoms with Crippen LogP contribution in [0.3, 0.4) is 0 Å². The molecule has 4 nitrogen and oxygen atoms in total. The number of fused-ring (bicyclic) bond motifs is 4. The Morgan fingerprint density at radius 1 is 1.26 bits per heavy atom. The summed E-state index contributed by atoms with van der Waals surface area (Å²) in [5, 5.41) is 11.9. The maximum Gasteiger partial charge on any atom is 0.309 e. The van der Waals surface area contributed by atoms with Crippen molar-refractivity contribution in [3.05, 3.63) is 58.7 Å². The molecule has 0 aliphatic heterocycles. The number of thiazole rings is 1. The Kier molecular flexibility index (Phi) is 3.79. The van der Waals surface area contributed by atoms with Gasteiger partial charge in [0.2, 0.25) is 0 Å². The van der Waals surface area contributed by atoms with Gasteiger partial charge < -0.3 is 5.11 Å². The Hall–Kier alpha value is -2.66. The summed E-state index contributed by atoms with van der Waals surface area (Å²) in [5.74, 6) is -0.133. The van der Waals surface area contributed by atoms with Gasteiger partial charge in [-0.15, -0.1) is 11.3 Å². The highest BCUT2D eigenvalue weighted by molar-refractivity contribution is 7.17. The van der Waals surface area contributed by atoms with E-state index in [0.717, 1.165) is 46.6 Å². The van der Waals surface area contributed by atoms with Crippen molar-refractivity contribution < 1.29 is 9.90 Å². The molecule has 2 heterocycles. The van der Waals surface area contributed by atoms with E-state index in [1.165, 1.54) is 16.0 Å². The van der Waals surface area contributed by atoms with E-state index in [0.29, 0.717) is 5.92 Å². The summed E-state index contributed by atoms with van der Waals surface area (Å²) in [4.78, 5) is 18.8. The first-order valence-corrected chi connectivity index (χ1v) is 10.1. The monoisotopic (exact) mass is 376 g/mol. The number of benzene rings is 2. The normalized spacial score (nSPS) is 16.7. The fourth-order valence-corrected chi connectivity index (χ4v) is 5.51. The predicted molar refractivity (Wildman–Crippen MR) is 109 cm³/mol. The Bertz CT molecular complexity index is 1190. The molecule has 0 spiro atoms. The maximum absolute atomic E-state index is 11.6. The van der Waals surface area contributed by atoms with Crippen LogP contribution in [0.1, 0.15) is 29.6 Å². The number of carboxylic acid groups (broad SMARTS) is 1. The molecule has 0 bridgehead atoms. The number of hydrogen-bond donors (Lipinski definition) is 1. The average molecular weight is 376 g/mol.